The topological polar surface area (TPSA) is 34.9 Å². The van der Waals surface area contributed by atoms with Crippen LogP contribution >= 0.6 is 0 Å². The maximum atomic E-state index is 10.5. The van der Waals surface area contributed by atoms with Crippen molar-refractivity contribution in [3.05, 3.63) is 23.5 Å². The van der Waals surface area contributed by atoms with E-state index in [4.69, 9.17) is 0 Å². The minimum Gasteiger partial charge on any atom is -0.299 e. The van der Waals surface area contributed by atoms with Crippen LogP contribution < -0.4 is 0 Å². The van der Waals surface area contributed by atoms with Gasteiger partial charge in [0.15, 0.2) is 0 Å². The van der Waals surface area contributed by atoms with Crippen LogP contribution in [0.5, 0.6) is 0 Å². The highest BCUT2D eigenvalue weighted by Crippen LogP contribution is 2.25. The van der Waals surface area contributed by atoms with E-state index in [1.54, 1.807) is 6.08 Å². The van der Waals surface area contributed by atoms with Crippen molar-refractivity contribution in [1.29, 1.82) is 0 Å². The van der Waals surface area contributed by atoms with Crippen LogP contribution in [0.25, 0.3) is 5.57 Å². The van der Waals surface area contributed by atoms with E-state index in [9.17, 15) is 4.79 Å². The number of nitrogens with zero attached hydrogens (tertiary/aromatic N) is 2. The van der Waals surface area contributed by atoms with Gasteiger partial charge in [-0.25, -0.2) is 0 Å². The lowest BCUT2D eigenvalue weighted by molar-refractivity contribution is -0.104. The lowest BCUT2D eigenvalue weighted by Crippen LogP contribution is -2.25. The molecule has 0 spiro atoms. The first-order valence-corrected chi connectivity index (χ1v) is 6.00. The Morgan fingerprint density at radius 1 is 1.41 bits per heavy atom. The van der Waals surface area contributed by atoms with Crippen molar-refractivity contribution in [3.8, 4) is 0 Å². The van der Waals surface area contributed by atoms with Gasteiger partial charge in [0.2, 0.25) is 0 Å². The summed E-state index contributed by atoms with van der Waals surface area (Å²) >= 11 is 0. The normalized spacial score (nSPS) is 13.2. The number of hydrogen-bond acceptors (Lipinski definition) is 2. The van der Waals surface area contributed by atoms with Crippen molar-refractivity contribution in [2.75, 3.05) is 0 Å². The number of allylic oxidation sites excluding steroid dienone is 2. The second-order valence-corrected chi connectivity index (χ2v) is 5.68. The van der Waals surface area contributed by atoms with Crippen LogP contribution in [-0.4, -0.2) is 16.1 Å². The van der Waals surface area contributed by atoms with Crippen molar-refractivity contribution in [2.24, 2.45) is 0 Å². The molecule has 0 bridgehead atoms. The molecule has 0 saturated carbocycles. The Bertz CT molecular complexity index is 434. The first-order chi connectivity index (χ1) is 7.77. The molecule has 0 fully saturated rings. The molecule has 0 atom stereocenters. The van der Waals surface area contributed by atoms with Gasteiger partial charge in [0, 0.05) is 5.69 Å². The molecule has 1 heterocycles. The lowest BCUT2D eigenvalue weighted by atomic mass is 10.0. The molecule has 0 saturated heterocycles. The van der Waals surface area contributed by atoms with Crippen LogP contribution in [0.4, 0.5) is 0 Å². The maximum Gasteiger partial charge on any atom is 0.143 e. The molecule has 17 heavy (non-hydrogen) atoms. The number of hydrogen-bond donors (Lipinski definition) is 0. The van der Waals surface area contributed by atoms with Gasteiger partial charge in [0.05, 0.1) is 11.2 Å². The van der Waals surface area contributed by atoms with Gasteiger partial charge in [0.25, 0.3) is 0 Å². The number of aldehydes is 1. The minimum atomic E-state index is -0.0423. The third-order valence-corrected chi connectivity index (χ3v) is 2.69. The first-order valence-electron chi connectivity index (χ1n) is 6.00. The van der Waals surface area contributed by atoms with Crippen molar-refractivity contribution >= 4 is 11.9 Å². The Morgan fingerprint density at radius 2 is 2.00 bits per heavy atom. The van der Waals surface area contributed by atoms with Crippen molar-refractivity contribution in [3.63, 3.8) is 0 Å². The van der Waals surface area contributed by atoms with Gasteiger partial charge in [0.1, 0.15) is 6.29 Å². The molecule has 0 aliphatic rings. The Morgan fingerprint density at radius 3 is 2.35 bits per heavy atom. The number of carbonyl (C=O) groups excluding carboxylic acids is 1. The average molecular weight is 234 g/mol. The quantitative estimate of drug-likeness (QED) is 0.593. The molecule has 3 nitrogen and oxygen atoms in total. The van der Waals surface area contributed by atoms with E-state index in [1.165, 1.54) is 5.69 Å². The zero-order valence-corrected chi connectivity index (χ0v) is 11.6. The Labute approximate surface area is 104 Å². The fraction of sp³-hybridized carbons (Fsp3) is 0.571. The summed E-state index contributed by atoms with van der Waals surface area (Å²) in [6.45, 7) is 12.6. The van der Waals surface area contributed by atoms with Crippen LogP contribution in [0.1, 0.15) is 58.8 Å². The van der Waals surface area contributed by atoms with E-state index < -0.39 is 0 Å². The summed E-state index contributed by atoms with van der Waals surface area (Å²) in [6, 6.07) is 2.07. The van der Waals surface area contributed by atoms with Crippen LogP contribution in [0.3, 0.4) is 0 Å². The minimum absolute atomic E-state index is 0.0423. The predicted molar refractivity (Wildman–Crippen MR) is 71.0 cm³/mol. The lowest BCUT2D eigenvalue weighted by Gasteiger charge is -2.23. The average Bonchev–Trinajstić information content (AvgIpc) is 2.61. The van der Waals surface area contributed by atoms with Gasteiger partial charge in [-0.3, -0.25) is 9.48 Å². The van der Waals surface area contributed by atoms with Gasteiger partial charge in [-0.1, -0.05) is 13.8 Å². The van der Waals surface area contributed by atoms with Crippen LogP contribution in [-0.2, 0) is 10.3 Å². The Balaban J connectivity index is 3.32. The van der Waals surface area contributed by atoms with E-state index in [1.807, 2.05) is 6.92 Å². The van der Waals surface area contributed by atoms with E-state index >= 15 is 0 Å². The van der Waals surface area contributed by atoms with Crippen LogP contribution in [0.15, 0.2) is 12.1 Å². The van der Waals surface area contributed by atoms with Crippen molar-refractivity contribution in [1.82, 2.24) is 9.78 Å². The SMILES string of the molecule is CC(=CC=O)c1cc(C(C)C)n(C(C)(C)C)n1. The van der Waals surface area contributed by atoms with Gasteiger partial charge in [-0.15, -0.1) is 0 Å². The molecule has 1 aromatic heterocycles. The molecule has 0 N–H and O–H groups in total. The standard InChI is InChI=1S/C14H22N2O/c1-10(2)13-9-12(11(3)7-8-17)15-16(13)14(4,5)6/h7-10H,1-6H3. The van der Waals surface area contributed by atoms with E-state index in [0.717, 1.165) is 17.6 Å². The molecule has 0 aliphatic heterocycles. The first kappa shape index (κ1) is 13.7. The molecule has 3 heteroatoms. The number of carbonyl (C=O) groups is 1. The monoisotopic (exact) mass is 234 g/mol. The summed E-state index contributed by atoms with van der Waals surface area (Å²) in [5.41, 5.74) is 2.95. The smallest absolute Gasteiger partial charge is 0.143 e. The van der Waals surface area contributed by atoms with Crippen LogP contribution in [0, 0.1) is 0 Å². The zero-order chi connectivity index (χ0) is 13.2. The van der Waals surface area contributed by atoms with Gasteiger partial charge in [-0.2, -0.15) is 5.10 Å². The highest BCUT2D eigenvalue weighted by molar-refractivity contribution is 5.79. The number of aromatic nitrogens is 2. The second-order valence-electron chi connectivity index (χ2n) is 5.68. The summed E-state index contributed by atoms with van der Waals surface area (Å²) in [7, 11) is 0. The van der Waals surface area contributed by atoms with E-state index in [2.05, 4.69) is 50.5 Å². The highest BCUT2D eigenvalue weighted by Gasteiger charge is 2.21. The molecule has 0 aliphatic carbocycles. The van der Waals surface area contributed by atoms with E-state index in [-0.39, 0.29) is 5.54 Å². The molecule has 1 rings (SSSR count). The summed E-state index contributed by atoms with van der Waals surface area (Å²) in [6.07, 6.45) is 2.36. The third-order valence-electron chi connectivity index (χ3n) is 2.69. The molecule has 94 valence electrons. The Hall–Kier alpha value is -1.38. The van der Waals surface area contributed by atoms with Crippen LogP contribution in [0.2, 0.25) is 0 Å². The molecule has 0 unspecified atom stereocenters. The maximum absolute atomic E-state index is 10.5. The predicted octanol–water partition coefficient (Wildman–Crippen LogP) is 3.36. The summed E-state index contributed by atoms with van der Waals surface area (Å²) in [5.74, 6) is 0.416. The number of rotatable bonds is 3. The highest BCUT2D eigenvalue weighted by atomic mass is 16.1. The molecular formula is C14H22N2O. The zero-order valence-electron chi connectivity index (χ0n) is 11.6. The van der Waals surface area contributed by atoms with Crippen molar-refractivity contribution in [2.45, 2.75) is 53.0 Å². The third kappa shape index (κ3) is 3.05. The summed E-state index contributed by atoms with van der Waals surface area (Å²) < 4.78 is 2.05. The van der Waals surface area contributed by atoms with E-state index in [0.29, 0.717) is 5.92 Å². The summed E-state index contributed by atoms with van der Waals surface area (Å²) in [4.78, 5) is 10.5. The molecule has 1 aromatic rings. The summed E-state index contributed by atoms with van der Waals surface area (Å²) in [5, 5.41) is 4.61. The van der Waals surface area contributed by atoms with Gasteiger partial charge < -0.3 is 0 Å². The molecule has 0 aromatic carbocycles. The molecule has 0 amide bonds. The fourth-order valence-corrected chi connectivity index (χ4v) is 1.72. The largest absolute Gasteiger partial charge is 0.299 e. The molecular weight excluding hydrogens is 212 g/mol. The Kier molecular flexibility index (Phi) is 3.91. The molecule has 0 radical (unpaired) electrons. The fourth-order valence-electron chi connectivity index (χ4n) is 1.72. The van der Waals surface area contributed by atoms with Crippen molar-refractivity contribution < 1.29 is 4.79 Å². The van der Waals surface area contributed by atoms with Gasteiger partial charge in [-0.05, 0) is 51.3 Å². The van der Waals surface area contributed by atoms with Gasteiger partial charge >= 0.3 is 0 Å². The second kappa shape index (κ2) is 4.86.